The van der Waals surface area contributed by atoms with E-state index in [1.165, 1.54) is 16.9 Å². The first kappa shape index (κ1) is 16.5. The SMILES string of the molecule is CC(C)c1csc(NC(=O)CCc2ccc(N(C)C)cc2)n1. The van der Waals surface area contributed by atoms with Crippen LogP contribution < -0.4 is 10.2 Å². The zero-order valence-corrected chi connectivity index (χ0v) is 14.4. The van der Waals surface area contributed by atoms with Gasteiger partial charge < -0.3 is 10.2 Å². The molecule has 2 rings (SSSR count). The van der Waals surface area contributed by atoms with Crippen molar-refractivity contribution in [3.63, 3.8) is 0 Å². The Morgan fingerprint density at radius 2 is 1.95 bits per heavy atom. The molecule has 5 heteroatoms. The maximum atomic E-state index is 12.0. The third-order valence-electron chi connectivity index (χ3n) is 3.45. The van der Waals surface area contributed by atoms with Crippen molar-refractivity contribution in [2.24, 2.45) is 0 Å². The molecule has 0 unspecified atom stereocenters. The van der Waals surface area contributed by atoms with E-state index in [9.17, 15) is 4.79 Å². The predicted molar refractivity (Wildman–Crippen MR) is 93.9 cm³/mol. The number of hydrogen-bond acceptors (Lipinski definition) is 4. The van der Waals surface area contributed by atoms with Crippen molar-refractivity contribution in [3.05, 3.63) is 40.9 Å². The average Bonchev–Trinajstić information content (AvgIpc) is 2.94. The summed E-state index contributed by atoms with van der Waals surface area (Å²) >= 11 is 1.48. The van der Waals surface area contributed by atoms with E-state index in [1.807, 2.05) is 19.5 Å². The van der Waals surface area contributed by atoms with E-state index in [-0.39, 0.29) is 5.91 Å². The van der Waals surface area contributed by atoms with Crippen LogP contribution >= 0.6 is 11.3 Å². The summed E-state index contributed by atoms with van der Waals surface area (Å²) in [5.74, 6) is 0.401. The standard InChI is InChI=1S/C17H23N3OS/c1-12(2)15-11-22-17(18-15)19-16(21)10-7-13-5-8-14(9-6-13)20(3)4/h5-6,8-9,11-12H,7,10H2,1-4H3,(H,18,19,21). The molecule has 1 heterocycles. The lowest BCUT2D eigenvalue weighted by Crippen LogP contribution is -2.12. The molecule has 0 aliphatic carbocycles. The number of benzene rings is 1. The molecule has 0 fully saturated rings. The number of amides is 1. The first-order chi connectivity index (χ1) is 10.5. The molecule has 0 aliphatic rings. The largest absolute Gasteiger partial charge is 0.378 e. The van der Waals surface area contributed by atoms with Crippen molar-refractivity contribution in [3.8, 4) is 0 Å². The zero-order chi connectivity index (χ0) is 16.1. The highest BCUT2D eigenvalue weighted by molar-refractivity contribution is 7.13. The molecule has 0 saturated heterocycles. The van der Waals surface area contributed by atoms with E-state index in [1.54, 1.807) is 0 Å². The quantitative estimate of drug-likeness (QED) is 0.879. The van der Waals surface area contributed by atoms with Crippen LogP contribution in [0.5, 0.6) is 0 Å². The van der Waals surface area contributed by atoms with Gasteiger partial charge in [0.15, 0.2) is 5.13 Å². The maximum absolute atomic E-state index is 12.0. The normalized spacial score (nSPS) is 10.8. The summed E-state index contributed by atoms with van der Waals surface area (Å²) in [6.07, 6.45) is 1.21. The molecule has 1 N–H and O–H groups in total. The second kappa shape index (κ2) is 7.40. The maximum Gasteiger partial charge on any atom is 0.226 e. The van der Waals surface area contributed by atoms with Gasteiger partial charge in [-0.25, -0.2) is 4.98 Å². The summed E-state index contributed by atoms with van der Waals surface area (Å²) in [4.78, 5) is 18.5. The average molecular weight is 317 g/mol. The summed E-state index contributed by atoms with van der Waals surface area (Å²) in [6, 6.07) is 8.29. The number of thiazole rings is 1. The number of carbonyl (C=O) groups excluding carboxylic acids is 1. The van der Waals surface area contributed by atoms with Crippen LogP contribution in [0.4, 0.5) is 10.8 Å². The Kier molecular flexibility index (Phi) is 5.55. The van der Waals surface area contributed by atoms with Crippen LogP contribution in [0.1, 0.15) is 37.4 Å². The molecule has 1 amide bonds. The minimum atomic E-state index is 0.0151. The van der Waals surface area contributed by atoms with Crippen LogP contribution in [0.3, 0.4) is 0 Å². The van der Waals surface area contributed by atoms with E-state index in [2.05, 4.69) is 53.3 Å². The van der Waals surface area contributed by atoms with Gasteiger partial charge in [0.2, 0.25) is 5.91 Å². The number of hydrogen-bond donors (Lipinski definition) is 1. The Morgan fingerprint density at radius 3 is 2.50 bits per heavy atom. The molecule has 0 saturated carbocycles. The summed E-state index contributed by atoms with van der Waals surface area (Å²) in [5, 5.41) is 5.57. The second-order valence-corrected chi connectivity index (χ2v) is 6.70. The molecule has 0 radical (unpaired) electrons. The van der Waals surface area contributed by atoms with Crippen LogP contribution in [0.2, 0.25) is 0 Å². The van der Waals surface area contributed by atoms with Crippen LogP contribution in [0.25, 0.3) is 0 Å². The topological polar surface area (TPSA) is 45.2 Å². The highest BCUT2D eigenvalue weighted by atomic mass is 32.1. The van der Waals surface area contributed by atoms with Crippen molar-refractivity contribution in [2.75, 3.05) is 24.3 Å². The Balaban J connectivity index is 1.84. The fourth-order valence-electron chi connectivity index (χ4n) is 2.01. The number of nitrogens with one attached hydrogen (secondary N) is 1. The minimum absolute atomic E-state index is 0.0151. The molecule has 4 nitrogen and oxygen atoms in total. The lowest BCUT2D eigenvalue weighted by atomic mass is 10.1. The number of aromatic nitrogens is 1. The van der Waals surface area contributed by atoms with Gasteiger partial charge in [0, 0.05) is 31.6 Å². The first-order valence-electron chi connectivity index (χ1n) is 7.47. The molecule has 0 aliphatic heterocycles. The third kappa shape index (κ3) is 4.56. The van der Waals surface area contributed by atoms with Crippen LogP contribution in [-0.2, 0) is 11.2 Å². The smallest absolute Gasteiger partial charge is 0.226 e. The minimum Gasteiger partial charge on any atom is -0.378 e. The highest BCUT2D eigenvalue weighted by Crippen LogP contribution is 2.21. The summed E-state index contributed by atoms with van der Waals surface area (Å²) in [5.41, 5.74) is 3.36. The number of anilines is 2. The second-order valence-electron chi connectivity index (χ2n) is 5.84. The summed E-state index contributed by atoms with van der Waals surface area (Å²) < 4.78 is 0. The number of rotatable bonds is 6. The Hall–Kier alpha value is -1.88. The van der Waals surface area contributed by atoms with Gasteiger partial charge in [-0.1, -0.05) is 26.0 Å². The van der Waals surface area contributed by atoms with Crippen molar-refractivity contribution in [2.45, 2.75) is 32.6 Å². The van der Waals surface area contributed by atoms with Gasteiger partial charge in [0.05, 0.1) is 5.69 Å². The third-order valence-corrected chi connectivity index (χ3v) is 4.23. The fraction of sp³-hybridized carbons (Fsp3) is 0.412. The summed E-state index contributed by atoms with van der Waals surface area (Å²) in [7, 11) is 4.03. The Bertz CT molecular complexity index is 617. The van der Waals surface area contributed by atoms with Gasteiger partial charge in [-0.3, -0.25) is 4.79 Å². The number of aryl methyl sites for hydroxylation is 1. The molecule has 0 spiro atoms. The molecule has 1 aromatic carbocycles. The number of nitrogens with zero attached hydrogens (tertiary/aromatic N) is 2. The van der Waals surface area contributed by atoms with E-state index >= 15 is 0 Å². The van der Waals surface area contributed by atoms with E-state index in [0.29, 0.717) is 17.5 Å². The van der Waals surface area contributed by atoms with E-state index in [4.69, 9.17) is 0 Å². The first-order valence-corrected chi connectivity index (χ1v) is 8.35. The molecule has 0 atom stereocenters. The monoisotopic (exact) mass is 317 g/mol. The highest BCUT2D eigenvalue weighted by Gasteiger charge is 2.09. The van der Waals surface area contributed by atoms with Gasteiger partial charge in [-0.2, -0.15) is 0 Å². The molecule has 0 bridgehead atoms. The van der Waals surface area contributed by atoms with E-state index < -0.39 is 0 Å². The van der Waals surface area contributed by atoms with Gasteiger partial charge in [-0.05, 0) is 30.0 Å². The Labute approximate surface area is 136 Å². The molecular weight excluding hydrogens is 294 g/mol. The Morgan fingerprint density at radius 1 is 1.27 bits per heavy atom. The lowest BCUT2D eigenvalue weighted by molar-refractivity contribution is -0.116. The van der Waals surface area contributed by atoms with Crippen molar-refractivity contribution >= 4 is 28.1 Å². The van der Waals surface area contributed by atoms with Crippen LogP contribution in [0.15, 0.2) is 29.6 Å². The van der Waals surface area contributed by atoms with Crippen molar-refractivity contribution in [1.29, 1.82) is 0 Å². The van der Waals surface area contributed by atoms with E-state index in [0.717, 1.165) is 17.8 Å². The molecule has 118 valence electrons. The molecule has 1 aromatic heterocycles. The van der Waals surface area contributed by atoms with Crippen molar-refractivity contribution < 1.29 is 4.79 Å². The van der Waals surface area contributed by atoms with Gasteiger partial charge in [0.25, 0.3) is 0 Å². The zero-order valence-electron chi connectivity index (χ0n) is 13.6. The van der Waals surface area contributed by atoms with Crippen LogP contribution in [-0.4, -0.2) is 25.0 Å². The molecular formula is C17H23N3OS. The van der Waals surface area contributed by atoms with Crippen LogP contribution in [0, 0.1) is 0 Å². The molecule has 2 aromatic rings. The number of carbonyl (C=O) groups is 1. The predicted octanol–water partition coefficient (Wildman–Crippen LogP) is 3.90. The molecule has 22 heavy (non-hydrogen) atoms. The lowest BCUT2D eigenvalue weighted by Gasteiger charge is -2.12. The van der Waals surface area contributed by atoms with Gasteiger partial charge >= 0.3 is 0 Å². The summed E-state index contributed by atoms with van der Waals surface area (Å²) in [6.45, 7) is 4.19. The van der Waals surface area contributed by atoms with Crippen molar-refractivity contribution in [1.82, 2.24) is 4.98 Å². The van der Waals surface area contributed by atoms with Gasteiger partial charge in [-0.15, -0.1) is 11.3 Å². The van der Waals surface area contributed by atoms with Gasteiger partial charge in [0.1, 0.15) is 0 Å². The fourth-order valence-corrected chi connectivity index (χ4v) is 2.90.